The zero-order chi connectivity index (χ0) is 14.8. The Morgan fingerprint density at radius 1 is 1.05 bits per heavy atom. The first-order valence-corrected chi connectivity index (χ1v) is 7.18. The second kappa shape index (κ2) is 3.75. The highest BCUT2D eigenvalue weighted by molar-refractivity contribution is 6.04. The molecule has 0 amide bonds. The van der Waals surface area contributed by atoms with Gasteiger partial charge < -0.3 is 4.74 Å². The molecule has 0 atom stereocenters. The van der Waals surface area contributed by atoms with Crippen LogP contribution in [0.1, 0.15) is 38.8 Å². The number of allylic oxidation sites excluding steroid dienone is 1. The molecule has 1 spiro atoms. The number of fused-ring (bicyclic) bond motifs is 1. The van der Waals surface area contributed by atoms with Gasteiger partial charge in [-0.05, 0) is 22.8 Å². The van der Waals surface area contributed by atoms with Gasteiger partial charge in [-0.3, -0.25) is 4.79 Å². The summed E-state index contributed by atoms with van der Waals surface area (Å²) < 4.78 is 5.47. The maximum absolute atomic E-state index is 12.9. The quantitative estimate of drug-likeness (QED) is 0.774. The highest BCUT2D eigenvalue weighted by atomic mass is 16.5. The van der Waals surface area contributed by atoms with Crippen LogP contribution in [-0.4, -0.2) is 12.9 Å². The Kier molecular flexibility index (Phi) is 2.51. The van der Waals surface area contributed by atoms with E-state index in [1.165, 1.54) is 5.56 Å². The van der Waals surface area contributed by atoms with Gasteiger partial charge in [0.05, 0.1) is 7.11 Å². The molecule has 0 bridgehead atoms. The molecule has 0 unspecified atom stereocenters. The van der Waals surface area contributed by atoms with E-state index in [9.17, 15) is 4.79 Å². The predicted molar refractivity (Wildman–Crippen MR) is 80.1 cm³/mol. The Bertz CT molecular complexity index is 606. The number of hydrogen-bond acceptors (Lipinski definition) is 2. The van der Waals surface area contributed by atoms with Gasteiger partial charge in [-0.1, -0.05) is 52.0 Å². The monoisotopic (exact) mass is 270 g/mol. The van der Waals surface area contributed by atoms with Crippen molar-refractivity contribution < 1.29 is 9.53 Å². The molecule has 1 saturated carbocycles. The van der Waals surface area contributed by atoms with Crippen LogP contribution in [0.15, 0.2) is 30.3 Å². The molecule has 3 rings (SSSR count). The second-order valence-electron chi connectivity index (χ2n) is 7.07. The lowest BCUT2D eigenvalue weighted by Crippen LogP contribution is -2.23. The molecule has 0 saturated heterocycles. The van der Waals surface area contributed by atoms with Gasteiger partial charge in [-0.2, -0.15) is 0 Å². The van der Waals surface area contributed by atoms with E-state index in [-0.39, 0.29) is 22.0 Å². The van der Waals surface area contributed by atoms with Crippen LogP contribution >= 0.6 is 0 Å². The van der Waals surface area contributed by atoms with E-state index in [1.54, 1.807) is 13.2 Å². The minimum Gasteiger partial charge on any atom is -0.496 e. The van der Waals surface area contributed by atoms with Gasteiger partial charge in [0.2, 0.25) is 0 Å². The Hall–Kier alpha value is -1.57. The van der Waals surface area contributed by atoms with Crippen molar-refractivity contribution in [2.24, 2.45) is 16.2 Å². The summed E-state index contributed by atoms with van der Waals surface area (Å²) in [6.07, 6.45) is 2.51. The highest BCUT2D eigenvalue weighted by Crippen LogP contribution is 2.79. The van der Waals surface area contributed by atoms with Gasteiger partial charge in [-0.25, -0.2) is 0 Å². The lowest BCUT2D eigenvalue weighted by Gasteiger charge is -2.17. The van der Waals surface area contributed by atoms with Gasteiger partial charge in [0.25, 0.3) is 0 Å². The average molecular weight is 270 g/mol. The summed E-state index contributed by atoms with van der Waals surface area (Å²) >= 11 is 0. The summed E-state index contributed by atoms with van der Waals surface area (Å²) in [4.78, 5) is 12.9. The third-order valence-electron chi connectivity index (χ3n) is 6.28. The first kappa shape index (κ1) is 13.4. The summed E-state index contributed by atoms with van der Waals surface area (Å²) in [6.45, 7) is 8.83. The molecular weight excluding hydrogens is 248 g/mol. The molecule has 2 aliphatic rings. The summed E-state index contributed by atoms with van der Waals surface area (Å²) in [5, 5.41) is 0. The van der Waals surface area contributed by atoms with Crippen LogP contribution in [0.3, 0.4) is 0 Å². The van der Waals surface area contributed by atoms with Crippen molar-refractivity contribution in [3.05, 3.63) is 41.5 Å². The Labute approximate surface area is 120 Å². The molecule has 0 aliphatic heterocycles. The van der Waals surface area contributed by atoms with Gasteiger partial charge in [-0.15, -0.1) is 0 Å². The number of ketones is 1. The van der Waals surface area contributed by atoms with Crippen molar-refractivity contribution in [3.63, 3.8) is 0 Å². The number of carbonyl (C=O) groups is 1. The van der Waals surface area contributed by atoms with E-state index in [2.05, 4.69) is 33.8 Å². The number of ether oxygens (including phenoxy) is 1. The summed E-state index contributed by atoms with van der Waals surface area (Å²) in [6, 6.07) is 8.20. The van der Waals surface area contributed by atoms with Crippen LogP contribution in [0.5, 0.6) is 0 Å². The lowest BCUT2D eigenvalue weighted by atomic mass is 9.84. The van der Waals surface area contributed by atoms with E-state index in [1.807, 2.05) is 18.2 Å². The number of benzene rings is 1. The number of methoxy groups -OCH3 is 1. The fourth-order valence-electron chi connectivity index (χ4n) is 4.26. The van der Waals surface area contributed by atoms with E-state index >= 15 is 0 Å². The maximum atomic E-state index is 12.9. The molecule has 20 heavy (non-hydrogen) atoms. The number of rotatable bonds is 1. The van der Waals surface area contributed by atoms with E-state index in [4.69, 9.17) is 4.74 Å². The number of carbonyl (C=O) groups excluding carboxylic acids is 1. The van der Waals surface area contributed by atoms with Crippen molar-refractivity contribution in [1.29, 1.82) is 0 Å². The van der Waals surface area contributed by atoms with Crippen molar-refractivity contribution in [2.75, 3.05) is 7.11 Å². The topological polar surface area (TPSA) is 26.3 Å². The van der Waals surface area contributed by atoms with E-state index in [0.29, 0.717) is 5.76 Å². The molecule has 1 aromatic rings. The van der Waals surface area contributed by atoms with Crippen LogP contribution < -0.4 is 0 Å². The molecule has 2 aliphatic carbocycles. The van der Waals surface area contributed by atoms with E-state index < -0.39 is 0 Å². The van der Waals surface area contributed by atoms with Crippen molar-refractivity contribution in [3.8, 4) is 0 Å². The summed E-state index contributed by atoms with van der Waals surface area (Å²) in [7, 11) is 1.64. The first-order chi connectivity index (χ1) is 9.29. The largest absolute Gasteiger partial charge is 0.496 e. The standard InChI is InChI=1S/C18H22O2/c1-16(2)17(3,4)18(16)11-12-8-6-7-9-13(12)14(20-5)10-15(18)19/h6-10H,11H2,1-5H3. The second-order valence-corrected chi connectivity index (χ2v) is 7.07. The molecule has 106 valence electrons. The molecule has 1 fully saturated rings. The molecule has 2 heteroatoms. The van der Waals surface area contributed by atoms with Gasteiger partial charge in [0.15, 0.2) is 5.78 Å². The predicted octanol–water partition coefficient (Wildman–Crippen LogP) is 3.85. The third kappa shape index (κ3) is 1.27. The zero-order valence-corrected chi connectivity index (χ0v) is 12.9. The van der Waals surface area contributed by atoms with Crippen LogP contribution in [0.2, 0.25) is 0 Å². The fourth-order valence-corrected chi connectivity index (χ4v) is 4.26. The SMILES string of the molecule is COC1=CC(=O)C2(Cc3ccccc31)C(C)(C)C2(C)C. The fraction of sp³-hybridized carbons (Fsp3) is 0.500. The molecule has 0 radical (unpaired) electrons. The van der Waals surface area contributed by atoms with Crippen LogP contribution in [0, 0.1) is 16.2 Å². The summed E-state index contributed by atoms with van der Waals surface area (Å²) in [5.74, 6) is 0.904. The van der Waals surface area contributed by atoms with Crippen molar-refractivity contribution in [1.82, 2.24) is 0 Å². The van der Waals surface area contributed by atoms with Crippen molar-refractivity contribution >= 4 is 11.5 Å². The lowest BCUT2D eigenvalue weighted by molar-refractivity contribution is -0.121. The molecule has 1 aromatic carbocycles. The Balaban J connectivity index is 2.22. The van der Waals surface area contributed by atoms with Crippen LogP contribution in [0.25, 0.3) is 5.76 Å². The molecule has 0 aromatic heterocycles. The molecule has 0 heterocycles. The minimum absolute atomic E-state index is 0.00386. The smallest absolute Gasteiger partial charge is 0.166 e. The van der Waals surface area contributed by atoms with Crippen LogP contribution in [-0.2, 0) is 16.0 Å². The normalized spacial score (nSPS) is 24.6. The highest BCUT2D eigenvalue weighted by Gasteiger charge is 2.79. The summed E-state index contributed by atoms with van der Waals surface area (Å²) in [5.41, 5.74) is 1.97. The van der Waals surface area contributed by atoms with Gasteiger partial charge in [0.1, 0.15) is 5.76 Å². The van der Waals surface area contributed by atoms with Crippen molar-refractivity contribution in [2.45, 2.75) is 34.1 Å². The van der Waals surface area contributed by atoms with Crippen LogP contribution in [0.4, 0.5) is 0 Å². The number of hydrogen-bond donors (Lipinski definition) is 0. The first-order valence-electron chi connectivity index (χ1n) is 7.18. The minimum atomic E-state index is -0.309. The molecule has 2 nitrogen and oxygen atoms in total. The zero-order valence-electron chi connectivity index (χ0n) is 12.9. The Morgan fingerprint density at radius 2 is 1.65 bits per heavy atom. The van der Waals surface area contributed by atoms with Gasteiger partial charge >= 0.3 is 0 Å². The third-order valence-corrected chi connectivity index (χ3v) is 6.28. The Morgan fingerprint density at radius 3 is 2.20 bits per heavy atom. The average Bonchev–Trinajstić information content (AvgIpc) is 2.82. The molecular formula is C18H22O2. The van der Waals surface area contributed by atoms with Gasteiger partial charge in [0, 0.05) is 17.1 Å². The maximum Gasteiger partial charge on any atom is 0.166 e. The molecule has 0 N–H and O–H groups in total. The van der Waals surface area contributed by atoms with E-state index in [0.717, 1.165) is 12.0 Å².